The van der Waals surface area contributed by atoms with Crippen molar-refractivity contribution in [3.8, 4) is 0 Å². The molecule has 0 saturated heterocycles. The molecule has 0 aliphatic carbocycles. The summed E-state index contributed by atoms with van der Waals surface area (Å²) in [7, 11) is 0. The lowest BCUT2D eigenvalue weighted by Gasteiger charge is -2.04. The van der Waals surface area contributed by atoms with Crippen LogP contribution >= 0.6 is 11.6 Å². The van der Waals surface area contributed by atoms with Crippen molar-refractivity contribution < 1.29 is 10.0 Å². The van der Waals surface area contributed by atoms with E-state index < -0.39 is 5.91 Å². The standard InChI is InChI=1S/C9H9ClN2O2/c1-6-2-3-8(7(10)4-6)12-9(13)5-11-14/h2-5,14H,1H3,(H,12,13)/b11-5+. The first-order valence-electron chi connectivity index (χ1n) is 3.88. The molecular formula is C9H9ClN2O2. The number of nitrogens with one attached hydrogen (secondary N) is 1. The summed E-state index contributed by atoms with van der Waals surface area (Å²) in [4.78, 5) is 11.0. The highest BCUT2D eigenvalue weighted by atomic mass is 35.5. The number of oxime groups is 1. The zero-order chi connectivity index (χ0) is 10.6. The molecule has 0 heterocycles. The average Bonchev–Trinajstić information content (AvgIpc) is 2.10. The first-order chi connectivity index (χ1) is 6.63. The maximum absolute atomic E-state index is 11.0. The number of aryl methyl sites for hydroxylation is 1. The van der Waals surface area contributed by atoms with Crippen molar-refractivity contribution in [1.29, 1.82) is 0 Å². The van der Waals surface area contributed by atoms with Crippen molar-refractivity contribution in [1.82, 2.24) is 0 Å². The molecule has 1 aromatic rings. The molecule has 0 spiro atoms. The van der Waals surface area contributed by atoms with E-state index in [1.54, 1.807) is 12.1 Å². The third-order valence-corrected chi connectivity index (χ3v) is 1.87. The highest BCUT2D eigenvalue weighted by molar-refractivity contribution is 6.36. The highest BCUT2D eigenvalue weighted by Gasteiger charge is 2.03. The summed E-state index contributed by atoms with van der Waals surface area (Å²) in [5.41, 5.74) is 1.49. The lowest BCUT2D eigenvalue weighted by atomic mass is 10.2. The van der Waals surface area contributed by atoms with Crippen molar-refractivity contribution in [2.45, 2.75) is 6.92 Å². The van der Waals surface area contributed by atoms with Gasteiger partial charge in [-0.15, -0.1) is 0 Å². The number of carbonyl (C=O) groups is 1. The number of nitrogens with zero attached hydrogens (tertiary/aromatic N) is 1. The second-order valence-corrected chi connectivity index (χ2v) is 3.12. The Morgan fingerprint density at radius 2 is 2.36 bits per heavy atom. The van der Waals surface area contributed by atoms with E-state index in [1.165, 1.54) is 0 Å². The molecule has 0 saturated carbocycles. The molecule has 1 rings (SSSR count). The SMILES string of the molecule is Cc1ccc(NC(=O)/C=N/O)c(Cl)c1. The molecule has 0 bridgehead atoms. The third-order valence-electron chi connectivity index (χ3n) is 1.56. The van der Waals surface area contributed by atoms with Crippen LogP contribution in [0.1, 0.15) is 5.56 Å². The second kappa shape index (κ2) is 4.62. The maximum atomic E-state index is 11.0. The zero-order valence-corrected chi connectivity index (χ0v) is 8.25. The van der Waals surface area contributed by atoms with Crippen molar-refractivity contribution >= 4 is 29.4 Å². The van der Waals surface area contributed by atoms with Gasteiger partial charge in [-0.1, -0.05) is 22.8 Å². The van der Waals surface area contributed by atoms with Gasteiger partial charge in [-0.25, -0.2) is 0 Å². The van der Waals surface area contributed by atoms with E-state index >= 15 is 0 Å². The third kappa shape index (κ3) is 2.74. The monoisotopic (exact) mass is 212 g/mol. The lowest BCUT2D eigenvalue weighted by Crippen LogP contribution is -2.12. The predicted octanol–water partition coefficient (Wildman–Crippen LogP) is 2.05. The predicted molar refractivity (Wildman–Crippen MR) is 55.1 cm³/mol. The molecule has 0 radical (unpaired) electrons. The smallest absolute Gasteiger partial charge is 0.270 e. The molecule has 0 aliphatic heterocycles. The van der Waals surface area contributed by atoms with Crippen LogP contribution in [-0.4, -0.2) is 17.3 Å². The summed E-state index contributed by atoms with van der Waals surface area (Å²) in [6.07, 6.45) is 0.760. The Labute approximate surface area is 86.2 Å². The van der Waals surface area contributed by atoms with Gasteiger partial charge in [0.05, 0.1) is 10.7 Å². The van der Waals surface area contributed by atoms with E-state index in [-0.39, 0.29) is 0 Å². The largest absolute Gasteiger partial charge is 0.411 e. The van der Waals surface area contributed by atoms with Crippen LogP contribution in [-0.2, 0) is 4.79 Å². The van der Waals surface area contributed by atoms with Crippen molar-refractivity contribution in [2.75, 3.05) is 5.32 Å². The summed E-state index contributed by atoms with van der Waals surface area (Å²) in [5, 5.41) is 13.6. The minimum Gasteiger partial charge on any atom is -0.411 e. The summed E-state index contributed by atoms with van der Waals surface area (Å²) in [6.45, 7) is 1.90. The number of hydrogen-bond acceptors (Lipinski definition) is 3. The van der Waals surface area contributed by atoms with Crippen molar-refractivity contribution in [3.05, 3.63) is 28.8 Å². The minimum absolute atomic E-state index is 0.449. The van der Waals surface area contributed by atoms with Gasteiger partial charge in [-0.2, -0.15) is 0 Å². The van der Waals surface area contributed by atoms with Crippen LogP contribution in [0.25, 0.3) is 0 Å². The maximum Gasteiger partial charge on any atom is 0.270 e. The van der Waals surface area contributed by atoms with Crippen LogP contribution in [0.15, 0.2) is 23.4 Å². The van der Waals surface area contributed by atoms with Crippen LogP contribution < -0.4 is 5.32 Å². The number of halogens is 1. The van der Waals surface area contributed by atoms with Gasteiger partial charge in [0.15, 0.2) is 0 Å². The molecule has 0 aliphatic rings. The Morgan fingerprint density at radius 1 is 1.64 bits per heavy atom. The highest BCUT2D eigenvalue weighted by Crippen LogP contribution is 2.22. The number of amides is 1. The fourth-order valence-electron chi connectivity index (χ4n) is 0.939. The second-order valence-electron chi connectivity index (χ2n) is 2.72. The van der Waals surface area contributed by atoms with Gasteiger partial charge in [-0.3, -0.25) is 4.79 Å². The first kappa shape index (κ1) is 10.5. The molecular weight excluding hydrogens is 204 g/mol. The van der Waals surface area contributed by atoms with Crippen LogP contribution in [0, 0.1) is 6.92 Å². The summed E-state index contributed by atoms with van der Waals surface area (Å²) >= 11 is 5.85. The molecule has 74 valence electrons. The van der Waals surface area contributed by atoms with Gasteiger partial charge in [0.2, 0.25) is 0 Å². The molecule has 14 heavy (non-hydrogen) atoms. The molecule has 0 unspecified atom stereocenters. The number of rotatable bonds is 2. The number of carbonyl (C=O) groups excluding carboxylic acids is 1. The molecule has 1 aromatic carbocycles. The van der Waals surface area contributed by atoms with Crippen LogP contribution in [0.2, 0.25) is 5.02 Å². The molecule has 4 nitrogen and oxygen atoms in total. The number of hydrogen-bond donors (Lipinski definition) is 2. The van der Waals surface area contributed by atoms with Gasteiger partial charge in [0.25, 0.3) is 5.91 Å². The molecule has 0 aromatic heterocycles. The Bertz CT molecular complexity index is 377. The van der Waals surface area contributed by atoms with Gasteiger partial charge in [0, 0.05) is 0 Å². The van der Waals surface area contributed by atoms with Crippen molar-refractivity contribution in [2.24, 2.45) is 5.16 Å². The molecule has 0 atom stereocenters. The Hall–Kier alpha value is -1.55. The summed E-state index contributed by atoms with van der Waals surface area (Å²) < 4.78 is 0. The zero-order valence-electron chi connectivity index (χ0n) is 7.49. The topological polar surface area (TPSA) is 61.7 Å². The molecule has 1 amide bonds. The minimum atomic E-state index is -0.529. The average molecular weight is 213 g/mol. The Kier molecular flexibility index (Phi) is 3.48. The number of benzene rings is 1. The first-order valence-corrected chi connectivity index (χ1v) is 4.26. The fourth-order valence-corrected chi connectivity index (χ4v) is 1.22. The molecule has 0 fully saturated rings. The van der Waals surface area contributed by atoms with E-state index in [1.807, 2.05) is 13.0 Å². The van der Waals surface area contributed by atoms with E-state index in [0.29, 0.717) is 10.7 Å². The molecule has 5 heteroatoms. The van der Waals surface area contributed by atoms with E-state index in [0.717, 1.165) is 11.8 Å². The Balaban J connectivity index is 2.82. The van der Waals surface area contributed by atoms with E-state index in [9.17, 15) is 4.79 Å². The van der Waals surface area contributed by atoms with Crippen LogP contribution in [0.5, 0.6) is 0 Å². The van der Waals surface area contributed by atoms with E-state index in [4.69, 9.17) is 16.8 Å². The number of anilines is 1. The lowest BCUT2D eigenvalue weighted by molar-refractivity contribution is -0.110. The normalized spacial score (nSPS) is 10.4. The quantitative estimate of drug-likeness (QED) is 0.448. The van der Waals surface area contributed by atoms with Gasteiger partial charge in [-0.05, 0) is 24.6 Å². The van der Waals surface area contributed by atoms with Crippen molar-refractivity contribution in [3.63, 3.8) is 0 Å². The Morgan fingerprint density at radius 3 is 2.93 bits per heavy atom. The van der Waals surface area contributed by atoms with Crippen LogP contribution in [0.4, 0.5) is 5.69 Å². The van der Waals surface area contributed by atoms with Gasteiger partial charge in [0.1, 0.15) is 6.21 Å². The fraction of sp³-hybridized carbons (Fsp3) is 0.111. The van der Waals surface area contributed by atoms with E-state index in [2.05, 4.69) is 10.5 Å². The van der Waals surface area contributed by atoms with Crippen LogP contribution in [0.3, 0.4) is 0 Å². The van der Waals surface area contributed by atoms with Gasteiger partial charge < -0.3 is 10.5 Å². The van der Waals surface area contributed by atoms with Gasteiger partial charge >= 0.3 is 0 Å². The summed E-state index contributed by atoms with van der Waals surface area (Å²) in [6, 6.07) is 5.23. The summed E-state index contributed by atoms with van der Waals surface area (Å²) in [5.74, 6) is -0.529. The molecule has 2 N–H and O–H groups in total.